The fraction of sp³-hybridized carbons (Fsp3) is 0.591. The van der Waals surface area contributed by atoms with E-state index in [4.69, 9.17) is 11.6 Å². The lowest BCUT2D eigenvalue weighted by atomic mass is 9.93. The summed E-state index contributed by atoms with van der Waals surface area (Å²) in [6, 6.07) is 5.13. The van der Waals surface area contributed by atoms with Gasteiger partial charge in [0.1, 0.15) is 0 Å². The van der Waals surface area contributed by atoms with Gasteiger partial charge in [0.15, 0.2) is 0 Å². The van der Waals surface area contributed by atoms with Crippen LogP contribution in [-0.2, 0) is 9.59 Å². The summed E-state index contributed by atoms with van der Waals surface area (Å²) in [6.45, 7) is 3.50. The first-order valence-electron chi connectivity index (χ1n) is 10.7. The minimum atomic E-state index is -0.0831. The third-order valence-electron chi connectivity index (χ3n) is 6.35. The molecule has 0 aromatic heterocycles. The summed E-state index contributed by atoms with van der Waals surface area (Å²) in [5, 5.41) is 0.516. The number of hydrogen-bond acceptors (Lipinski definition) is 3. The van der Waals surface area contributed by atoms with E-state index in [1.165, 1.54) is 6.42 Å². The Hall–Kier alpha value is -2.08. The maximum atomic E-state index is 13.2. The summed E-state index contributed by atoms with van der Waals surface area (Å²) >= 11 is 6.16. The number of amides is 3. The number of likely N-dealkylation sites (tertiary alicyclic amines) is 2. The average molecular weight is 418 g/mol. The highest BCUT2D eigenvalue weighted by molar-refractivity contribution is 6.31. The van der Waals surface area contributed by atoms with Crippen LogP contribution < -0.4 is 4.90 Å². The summed E-state index contributed by atoms with van der Waals surface area (Å²) in [5.74, 6) is 0.223. The van der Waals surface area contributed by atoms with E-state index in [-0.39, 0.29) is 23.6 Å². The first-order valence-corrected chi connectivity index (χ1v) is 11.1. The third kappa shape index (κ3) is 4.27. The summed E-state index contributed by atoms with van der Waals surface area (Å²) in [4.78, 5) is 43.7. The second-order valence-corrected chi connectivity index (χ2v) is 8.70. The number of hydrogen-bond donors (Lipinski definition) is 0. The zero-order chi connectivity index (χ0) is 20.4. The lowest BCUT2D eigenvalue weighted by Crippen LogP contribution is -2.46. The highest BCUT2D eigenvalue weighted by atomic mass is 35.5. The van der Waals surface area contributed by atoms with Crippen LogP contribution >= 0.6 is 11.6 Å². The van der Waals surface area contributed by atoms with E-state index in [1.54, 1.807) is 23.1 Å². The van der Waals surface area contributed by atoms with Gasteiger partial charge in [-0.15, -0.1) is 0 Å². The standard InChI is InChI=1S/C22H28ClN3O3/c23-17-6-7-18(19(15-17)26-12-4-5-20(26)27)22(29)25-13-8-16(9-14-25)21(28)24-10-2-1-3-11-24/h6-7,15-16H,1-5,8-14H2. The molecule has 0 N–H and O–H groups in total. The van der Waals surface area contributed by atoms with Gasteiger partial charge < -0.3 is 14.7 Å². The van der Waals surface area contributed by atoms with Crippen molar-refractivity contribution in [3.05, 3.63) is 28.8 Å². The van der Waals surface area contributed by atoms with Crippen LogP contribution in [0.2, 0.25) is 5.02 Å². The monoisotopic (exact) mass is 417 g/mol. The molecule has 156 valence electrons. The van der Waals surface area contributed by atoms with Crippen molar-refractivity contribution in [2.24, 2.45) is 5.92 Å². The van der Waals surface area contributed by atoms with Crippen molar-refractivity contribution < 1.29 is 14.4 Å². The second kappa shape index (κ2) is 8.74. The van der Waals surface area contributed by atoms with Gasteiger partial charge >= 0.3 is 0 Å². The Bertz CT molecular complexity index is 798. The molecule has 0 atom stereocenters. The van der Waals surface area contributed by atoms with E-state index in [0.717, 1.165) is 32.4 Å². The molecule has 7 heteroatoms. The van der Waals surface area contributed by atoms with E-state index in [1.807, 2.05) is 9.80 Å². The Morgan fingerprint density at radius 2 is 1.62 bits per heavy atom. The van der Waals surface area contributed by atoms with E-state index in [0.29, 0.717) is 55.2 Å². The SMILES string of the molecule is O=C(c1ccc(Cl)cc1N1CCCC1=O)N1CCC(C(=O)N2CCCCC2)CC1. The molecule has 0 aliphatic carbocycles. The molecule has 0 radical (unpaired) electrons. The van der Waals surface area contributed by atoms with Crippen LogP contribution in [0.15, 0.2) is 18.2 Å². The Kier molecular flexibility index (Phi) is 6.09. The van der Waals surface area contributed by atoms with Crippen molar-refractivity contribution >= 4 is 35.0 Å². The highest BCUT2D eigenvalue weighted by Crippen LogP contribution is 2.31. The van der Waals surface area contributed by atoms with Crippen molar-refractivity contribution in [1.82, 2.24) is 9.80 Å². The molecule has 3 aliphatic heterocycles. The number of rotatable bonds is 3. The first-order chi connectivity index (χ1) is 14.0. The average Bonchev–Trinajstić information content (AvgIpc) is 3.19. The Morgan fingerprint density at radius 3 is 2.28 bits per heavy atom. The van der Waals surface area contributed by atoms with Gasteiger partial charge in [-0.25, -0.2) is 0 Å². The highest BCUT2D eigenvalue weighted by Gasteiger charge is 2.33. The molecule has 1 aromatic rings. The first kappa shape index (κ1) is 20.2. The van der Waals surface area contributed by atoms with Crippen molar-refractivity contribution in [2.45, 2.75) is 44.9 Å². The smallest absolute Gasteiger partial charge is 0.255 e. The molecule has 0 saturated carbocycles. The molecule has 3 fully saturated rings. The number of carbonyl (C=O) groups is 3. The maximum absolute atomic E-state index is 13.2. The van der Waals surface area contributed by atoms with Crippen LogP contribution in [0, 0.1) is 5.92 Å². The molecular weight excluding hydrogens is 390 g/mol. The van der Waals surface area contributed by atoms with Gasteiger partial charge in [-0.3, -0.25) is 14.4 Å². The fourth-order valence-corrected chi connectivity index (χ4v) is 4.85. The molecule has 3 aliphatic rings. The van der Waals surface area contributed by atoms with Gasteiger partial charge in [0.2, 0.25) is 11.8 Å². The Balaban J connectivity index is 1.43. The summed E-state index contributed by atoms with van der Waals surface area (Å²) in [6.07, 6.45) is 6.10. The van der Waals surface area contributed by atoms with Crippen LogP contribution in [0.4, 0.5) is 5.69 Å². The summed E-state index contributed by atoms with van der Waals surface area (Å²) in [5.41, 5.74) is 1.13. The number of nitrogens with zero attached hydrogens (tertiary/aromatic N) is 3. The van der Waals surface area contributed by atoms with Gasteiger partial charge in [0.25, 0.3) is 5.91 Å². The van der Waals surface area contributed by atoms with Crippen LogP contribution in [-0.4, -0.2) is 60.2 Å². The van der Waals surface area contributed by atoms with Crippen molar-refractivity contribution in [1.29, 1.82) is 0 Å². The van der Waals surface area contributed by atoms with Gasteiger partial charge in [-0.05, 0) is 56.7 Å². The molecule has 4 rings (SSSR count). The summed E-state index contributed by atoms with van der Waals surface area (Å²) < 4.78 is 0. The van der Waals surface area contributed by atoms with Gasteiger partial charge in [0.05, 0.1) is 11.3 Å². The zero-order valence-electron chi connectivity index (χ0n) is 16.7. The molecule has 0 spiro atoms. The van der Waals surface area contributed by atoms with E-state index < -0.39 is 0 Å². The Labute approximate surface area is 176 Å². The number of piperidine rings is 2. The van der Waals surface area contributed by atoms with Crippen LogP contribution in [0.1, 0.15) is 55.3 Å². The molecule has 3 heterocycles. The lowest BCUT2D eigenvalue weighted by Gasteiger charge is -2.36. The van der Waals surface area contributed by atoms with Gasteiger partial charge in [0, 0.05) is 50.1 Å². The quantitative estimate of drug-likeness (QED) is 0.757. The van der Waals surface area contributed by atoms with Crippen LogP contribution in [0.3, 0.4) is 0 Å². The maximum Gasteiger partial charge on any atom is 0.255 e. The molecular formula is C22H28ClN3O3. The molecule has 0 unspecified atom stereocenters. The molecule has 3 saturated heterocycles. The molecule has 0 bridgehead atoms. The lowest BCUT2D eigenvalue weighted by molar-refractivity contribution is -0.137. The van der Waals surface area contributed by atoms with Crippen LogP contribution in [0.5, 0.6) is 0 Å². The molecule has 29 heavy (non-hydrogen) atoms. The number of anilines is 1. The van der Waals surface area contributed by atoms with Gasteiger partial charge in [-0.1, -0.05) is 11.6 Å². The van der Waals surface area contributed by atoms with Crippen LogP contribution in [0.25, 0.3) is 0 Å². The fourth-order valence-electron chi connectivity index (χ4n) is 4.68. The molecule has 1 aromatic carbocycles. The van der Waals surface area contributed by atoms with E-state index >= 15 is 0 Å². The van der Waals surface area contributed by atoms with E-state index in [9.17, 15) is 14.4 Å². The topological polar surface area (TPSA) is 60.9 Å². The summed E-state index contributed by atoms with van der Waals surface area (Å²) in [7, 11) is 0. The number of halogens is 1. The minimum absolute atomic E-state index is 0.0157. The Morgan fingerprint density at radius 1 is 0.897 bits per heavy atom. The predicted molar refractivity (Wildman–Crippen MR) is 112 cm³/mol. The second-order valence-electron chi connectivity index (χ2n) is 8.26. The van der Waals surface area contributed by atoms with Gasteiger partial charge in [-0.2, -0.15) is 0 Å². The normalized spacial score (nSPS) is 21.0. The molecule has 6 nitrogen and oxygen atoms in total. The third-order valence-corrected chi connectivity index (χ3v) is 6.59. The van der Waals surface area contributed by atoms with E-state index in [2.05, 4.69) is 0 Å². The molecule has 3 amide bonds. The zero-order valence-corrected chi connectivity index (χ0v) is 17.5. The largest absolute Gasteiger partial charge is 0.342 e. The number of benzene rings is 1. The van der Waals surface area contributed by atoms with Crippen molar-refractivity contribution in [3.8, 4) is 0 Å². The van der Waals surface area contributed by atoms with Crippen molar-refractivity contribution in [3.63, 3.8) is 0 Å². The minimum Gasteiger partial charge on any atom is -0.342 e. The predicted octanol–water partition coefficient (Wildman–Crippen LogP) is 3.33. The number of carbonyl (C=O) groups excluding carboxylic acids is 3. The van der Waals surface area contributed by atoms with Crippen molar-refractivity contribution in [2.75, 3.05) is 37.6 Å².